The molecule has 0 radical (unpaired) electrons. The van der Waals surface area contributed by atoms with E-state index < -0.39 is 0 Å². The average molecular weight is 416 g/mol. The Morgan fingerprint density at radius 3 is 2.65 bits per heavy atom. The Balaban J connectivity index is 1.36. The first kappa shape index (κ1) is 20.4. The molecule has 2 N–H and O–H groups in total. The van der Waals surface area contributed by atoms with Crippen LogP contribution in [0.15, 0.2) is 72.9 Å². The van der Waals surface area contributed by atoms with Crippen molar-refractivity contribution in [2.24, 2.45) is 0 Å². The molecule has 1 saturated heterocycles. The van der Waals surface area contributed by atoms with Crippen LogP contribution in [0.3, 0.4) is 0 Å². The molecule has 0 bridgehead atoms. The maximum atomic E-state index is 12.6. The molecule has 7 heteroatoms. The summed E-state index contributed by atoms with van der Waals surface area (Å²) in [5.74, 6) is 1.38. The second-order valence-electron chi connectivity index (χ2n) is 7.37. The molecule has 1 atom stereocenters. The molecule has 1 aromatic heterocycles. The second-order valence-corrected chi connectivity index (χ2v) is 7.37. The number of carbonyl (C=O) groups excluding carboxylic acids is 2. The largest absolute Gasteiger partial charge is 0.497 e. The van der Waals surface area contributed by atoms with Crippen LogP contribution in [0.1, 0.15) is 23.5 Å². The molecule has 4 rings (SSSR count). The third-order valence-corrected chi connectivity index (χ3v) is 5.30. The monoisotopic (exact) mass is 416 g/mol. The van der Waals surface area contributed by atoms with Gasteiger partial charge in [0.1, 0.15) is 11.6 Å². The molecule has 0 aliphatic carbocycles. The minimum atomic E-state index is -0.365. The van der Waals surface area contributed by atoms with E-state index >= 15 is 0 Å². The van der Waals surface area contributed by atoms with Crippen LogP contribution in [0, 0.1) is 0 Å². The van der Waals surface area contributed by atoms with E-state index in [1.807, 2.05) is 54.6 Å². The summed E-state index contributed by atoms with van der Waals surface area (Å²) < 4.78 is 5.13. The van der Waals surface area contributed by atoms with E-state index in [2.05, 4.69) is 15.6 Å². The fraction of sp³-hybridized carbons (Fsp3) is 0.208. The Kier molecular flexibility index (Phi) is 6.12. The number of nitrogens with one attached hydrogen (secondary N) is 2. The van der Waals surface area contributed by atoms with Crippen LogP contribution in [0.5, 0.6) is 5.75 Å². The van der Waals surface area contributed by atoms with Gasteiger partial charge in [-0.1, -0.05) is 42.5 Å². The maximum Gasteiger partial charge on any atom is 0.320 e. The van der Waals surface area contributed by atoms with Gasteiger partial charge in [0.05, 0.1) is 7.11 Å². The highest BCUT2D eigenvalue weighted by molar-refractivity contribution is 5.97. The standard InChI is InChI=1S/C24H24N4O3/c1-31-21-9-7-17(8-10-21)15-26-24(30)27-22-14-20(11-12-25-22)28-16-19(13-23(28)29)18-5-3-2-4-6-18/h2-12,14,19H,13,15-16H2,1H3,(H2,25,26,27,30). The van der Waals surface area contributed by atoms with Crippen LogP contribution in [0.4, 0.5) is 16.3 Å². The van der Waals surface area contributed by atoms with Gasteiger partial charge in [-0.25, -0.2) is 9.78 Å². The van der Waals surface area contributed by atoms with Gasteiger partial charge >= 0.3 is 6.03 Å². The number of ether oxygens (including phenoxy) is 1. The summed E-state index contributed by atoms with van der Waals surface area (Å²) in [6.07, 6.45) is 2.06. The number of urea groups is 1. The predicted molar refractivity (Wildman–Crippen MR) is 119 cm³/mol. The molecule has 1 fully saturated rings. The quantitative estimate of drug-likeness (QED) is 0.638. The van der Waals surface area contributed by atoms with Crippen molar-refractivity contribution >= 4 is 23.4 Å². The molecule has 158 valence electrons. The summed E-state index contributed by atoms with van der Waals surface area (Å²) in [6.45, 7) is 0.981. The van der Waals surface area contributed by atoms with Gasteiger partial charge in [-0.3, -0.25) is 10.1 Å². The normalized spacial score (nSPS) is 15.6. The van der Waals surface area contributed by atoms with Gasteiger partial charge in [-0.2, -0.15) is 0 Å². The zero-order valence-electron chi connectivity index (χ0n) is 17.2. The number of aromatic nitrogens is 1. The second kappa shape index (κ2) is 9.30. The average Bonchev–Trinajstić information content (AvgIpc) is 3.20. The fourth-order valence-corrected chi connectivity index (χ4v) is 3.65. The number of nitrogens with zero attached hydrogens (tertiary/aromatic N) is 2. The lowest BCUT2D eigenvalue weighted by molar-refractivity contribution is -0.117. The Bertz CT molecular complexity index is 1050. The third-order valence-electron chi connectivity index (χ3n) is 5.30. The maximum absolute atomic E-state index is 12.6. The molecule has 31 heavy (non-hydrogen) atoms. The Hall–Kier alpha value is -3.87. The van der Waals surface area contributed by atoms with Gasteiger partial charge in [0, 0.05) is 43.4 Å². The third kappa shape index (κ3) is 5.01. The first-order valence-electron chi connectivity index (χ1n) is 10.1. The zero-order chi connectivity index (χ0) is 21.6. The molecule has 1 aliphatic rings. The van der Waals surface area contributed by atoms with Gasteiger partial charge in [0.25, 0.3) is 0 Å². The van der Waals surface area contributed by atoms with E-state index in [9.17, 15) is 9.59 Å². The number of pyridine rings is 1. The topological polar surface area (TPSA) is 83.6 Å². The Morgan fingerprint density at radius 1 is 1.13 bits per heavy atom. The predicted octanol–water partition coefficient (Wildman–Crippen LogP) is 3.93. The highest BCUT2D eigenvalue weighted by atomic mass is 16.5. The van der Waals surface area contributed by atoms with Crippen molar-refractivity contribution < 1.29 is 14.3 Å². The van der Waals surface area contributed by atoms with Gasteiger partial charge in [0.15, 0.2) is 0 Å². The van der Waals surface area contributed by atoms with Crippen LogP contribution in [-0.2, 0) is 11.3 Å². The van der Waals surface area contributed by atoms with E-state index in [0.29, 0.717) is 25.3 Å². The van der Waals surface area contributed by atoms with E-state index in [-0.39, 0.29) is 17.9 Å². The number of rotatable bonds is 6. The number of hydrogen-bond donors (Lipinski definition) is 2. The summed E-state index contributed by atoms with van der Waals surface area (Å²) >= 11 is 0. The van der Waals surface area contributed by atoms with Crippen LogP contribution < -0.4 is 20.3 Å². The number of carbonyl (C=O) groups is 2. The van der Waals surface area contributed by atoms with Crippen LogP contribution in [0.25, 0.3) is 0 Å². The van der Waals surface area contributed by atoms with Crippen molar-refractivity contribution in [2.45, 2.75) is 18.9 Å². The van der Waals surface area contributed by atoms with Gasteiger partial charge in [0.2, 0.25) is 5.91 Å². The SMILES string of the molecule is COc1ccc(CNC(=O)Nc2cc(N3CC(c4ccccc4)CC3=O)ccn2)cc1. The lowest BCUT2D eigenvalue weighted by Crippen LogP contribution is -2.29. The first-order chi connectivity index (χ1) is 15.1. The van der Waals surface area contributed by atoms with E-state index in [1.165, 1.54) is 0 Å². The van der Waals surface area contributed by atoms with Gasteiger partial charge < -0.3 is 15.0 Å². The highest BCUT2D eigenvalue weighted by Crippen LogP contribution is 2.32. The van der Waals surface area contributed by atoms with E-state index in [1.54, 1.807) is 30.3 Å². The van der Waals surface area contributed by atoms with E-state index in [4.69, 9.17) is 4.74 Å². The molecule has 2 heterocycles. The molecule has 0 spiro atoms. The van der Waals surface area contributed by atoms with Crippen molar-refractivity contribution in [1.29, 1.82) is 0 Å². The molecular weight excluding hydrogens is 392 g/mol. The summed E-state index contributed by atoms with van der Waals surface area (Å²) in [5, 5.41) is 5.53. The van der Waals surface area contributed by atoms with Crippen molar-refractivity contribution in [2.75, 3.05) is 23.9 Å². The molecule has 2 aromatic carbocycles. The minimum Gasteiger partial charge on any atom is -0.497 e. The van der Waals surface area contributed by atoms with E-state index in [0.717, 1.165) is 22.6 Å². The van der Waals surface area contributed by atoms with Gasteiger partial charge in [-0.05, 0) is 29.3 Å². The van der Waals surface area contributed by atoms with Gasteiger partial charge in [-0.15, -0.1) is 0 Å². The van der Waals surface area contributed by atoms with Crippen molar-refractivity contribution in [3.63, 3.8) is 0 Å². The summed E-state index contributed by atoms with van der Waals surface area (Å²) in [4.78, 5) is 30.8. The molecular formula is C24H24N4O3. The summed E-state index contributed by atoms with van der Waals surface area (Å²) in [6, 6.07) is 20.6. The zero-order valence-corrected chi connectivity index (χ0v) is 17.2. The number of methoxy groups -OCH3 is 1. The smallest absolute Gasteiger partial charge is 0.320 e. The molecule has 1 unspecified atom stereocenters. The lowest BCUT2D eigenvalue weighted by Gasteiger charge is -2.18. The molecule has 0 saturated carbocycles. The van der Waals surface area contributed by atoms with Crippen LogP contribution >= 0.6 is 0 Å². The van der Waals surface area contributed by atoms with Crippen molar-refractivity contribution in [1.82, 2.24) is 10.3 Å². The number of benzene rings is 2. The van der Waals surface area contributed by atoms with Crippen LogP contribution in [-0.4, -0.2) is 30.6 Å². The Labute approximate surface area is 181 Å². The first-order valence-corrected chi connectivity index (χ1v) is 10.1. The molecule has 3 amide bonds. The summed E-state index contributed by atoms with van der Waals surface area (Å²) in [7, 11) is 1.61. The summed E-state index contributed by atoms with van der Waals surface area (Å²) in [5.41, 5.74) is 2.83. The number of anilines is 2. The molecule has 1 aliphatic heterocycles. The minimum absolute atomic E-state index is 0.0648. The lowest BCUT2D eigenvalue weighted by atomic mass is 9.99. The Morgan fingerprint density at radius 2 is 1.90 bits per heavy atom. The fourth-order valence-electron chi connectivity index (χ4n) is 3.65. The van der Waals surface area contributed by atoms with Crippen molar-refractivity contribution in [3.8, 4) is 5.75 Å². The molecule has 3 aromatic rings. The van der Waals surface area contributed by atoms with Crippen molar-refractivity contribution in [3.05, 3.63) is 84.1 Å². The van der Waals surface area contributed by atoms with Crippen LogP contribution in [0.2, 0.25) is 0 Å². The number of amides is 3. The highest BCUT2D eigenvalue weighted by Gasteiger charge is 2.31. The molecule has 7 nitrogen and oxygen atoms in total. The number of hydrogen-bond acceptors (Lipinski definition) is 4.